The van der Waals surface area contributed by atoms with Crippen LogP contribution >= 0.6 is 11.8 Å². The van der Waals surface area contributed by atoms with Gasteiger partial charge in [0.05, 0.1) is 21.2 Å². The number of nitrogens with one attached hydrogen (secondary N) is 1. The van der Waals surface area contributed by atoms with Crippen LogP contribution in [0, 0.1) is 6.92 Å². The fourth-order valence-corrected chi connectivity index (χ4v) is 5.33. The molecule has 4 rings (SSSR count). The maximum absolute atomic E-state index is 13.1. The second-order valence-corrected chi connectivity index (χ2v) is 11.5. The Morgan fingerprint density at radius 3 is 2.41 bits per heavy atom. The first-order chi connectivity index (χ1) is 16.2. The Bertz CT molecular complexity index is 1450. The van der Waals surface area contributed by atoms with Gasteiger partial charge in [-0.3, -0.25) is 9.36 Å². The molecular weight excluding hydrogens is 468 g/mol. The summed E-state index contributed by atoms with van der Waals surface area (Å²) in [6.07, 6.45) is 0. The first kappa shape index (κ1) is 24.0. The van der Waals surface area contributed by atoms with Gasteiger partial charge in [-0.1, -0.05) is 48.2 Å². The van der Waals surface area contributed by atoms with Gasteiger partial charge in [0.15, 0.2) is 5.16 Å². The number of benzene rings is 3. The maximum atomic E-state index is 13.1. The molecule has 0 bridgehead atoms. The van der Waals surface area contributed by atoms with Crippen molar-refractivity contribution >= 4 is 44.4 Å². The third kappa shape index (κ3) is 4.72. The van der Waals surface area contributed by atoms with Crippen LogP contribution in [0.3, 0.4) is 0 Å². The average Bonchev–Trinajstić information content (AvgIpc) is 3.18. The van der Waals surface area contributed by atoms with Gasteiger partial charge in [0, 0.05) is 25.5 Å². The van der Waals surface area contributed by atoms with Crippen LogP contribution in [-0.2, 0) is 14.8 Å². The van der Waals surface area contributed by atoms with E-state index >= 15 is 0 Å². The van der Waals surface area contributed by atoms with Crippen molar-refractivity contribution in [3.63, 3.8) is 0 Å². The Kier molecular flexibility index (Phi) is 6.79. The second kappa shape index (κ2) is 9.61. The smallest absolute Gasteiger partial charge is 0.242 e. The zero-order valence-corrected chi connectivity index (χ0v) is 21.0. The molecule has 3 aromatic carbocycles. The van der Waals surface area contributed by atoms with Gasteiger partial charge in [0.1, 0.15) is 0 Å². The van der Waals surface area contributed by atoms with Crippen LogP contribution in [0.5, 0.6) is 0 Å². The number of aromatic nitrogens is 2. The van der Waals surface area contributed by atoms with Gasteiger partial charge in [0.2, 0.25) is 15.9 Å². The van der Waals surface area contributed by atoms with Crippen molar-refractivity contribution in [2.45, 2.75) is 29.1 Å². The van der Waals surface area contributed by atoms with E-state index in [1.54, 1.807) is 12.1 Å². The van der Waals surface area contributed by atoms with Gasteiger partial charge < -0.3 is 5.32 Å². The fraction of sp³-hybridized carbons (Fsp3) is 0.200. The van der Waals surface area contributed by atoms with Crippen LogP contribution in [0.2, 0.25) is 0 Å². The predicted octanol–water partition coefficient (Wildman–Crippen LogP) is 4.70. The first-order valence-electron chi connectivity index (χ1n) is 10.7. The van der Waals surface area contributed by atoms with E-state index in [0.29, 0.717) is 10.8 Å². The number of anilines is 1. The molecule has 1 atom stereocenters. The summed E-state index contributed by atoms with van der Waals surface area (Å²) < 4.78 is 28.2. The SMILES string of the molecule is Cc1ccc(S(=O)(=O)N(C)C)cc1NC(=O)C(C)Sc1nc2ccccc2n1-c1ccccc1. The number of rotatable bonds is 7. The Hall–Kier alpha value is -3.14. The van der Waals surface area contributed by atoms with Crippen LogP contribution in [0.15, 0.2) is 82.8 Å². The van der Waals surface area contributed by atoms with Gasteiger partial charge >= 0.3 is 0 Å². The van der Waals surface area contributed by atoms with Crippen LogP contribution in [0.4, 0.5) is 5.69 Å². The number of thioether (sulfide) groups is 1. The molecular formula is C25H26N4O3S2. The number of carbonyl (C=O) groups is 1. The highest BCUT2D eigenvalue weighted by atomic mass is 32.2. The third-order valence-electron chi connectivity index (χ3n) is 5.44. The molecule has 0 aliphatic heterocycles. The number of nitrogens with zero attached hydrogens (tertiary/aromatic N) is 3. The average molecular weight is 495 g/mol. The summed E-state index contributed by atoms with van der Waals surface area (Å²) in [5, 5.41) is 3.12. The minimum Gasteiger partial charge on any atom is -0.325 e. The summed E-state index contributed by atoms with van der Waals surface area (Å²) in [6.45, 7) is 3.64. The minimum absolute atomic E-state index is 0.129. The number of fused-ring (bicyclic) bond motifs is 1. The third-order valence-corrected chi connectivity index (χ3v) is 8.30. The summed E-state index contributed by atoms with van der Waals surface area (Å²) >= 11 is 1.35. The molecule has 0 radical (unpaired) electrons. The highest BCUT2D eigenvalue weighted by Gasteiger charge is 2.22. The topological polar surface area (TPSA) is 84.3 Å². The normalized spacial score (nSPS) is 12.7. The number of carbonyl (C=O) groups excluding carboxylic acids is 1. The predicted molar refractivity (Wildman–Crippen MR) is 137 cm³/mol. The molecule has 1 heterocycles. The summed E-state index contributed by atoms with van der Waals surface area (Å²) in [5.74, 6) is -0.237. The van der Waals surface area contributed by atoms with Crippen LogP contribution in [0.25, 0.3) is 16.7 Å². The largest absolute Gasteiger partial charge is 0.325 e. The van der Waals surface area contributed by atoms with Crippen LogP contribution in [0.1, 0.15) is 12.5 Å². The van der Waals surface area contributed by atoms with E-state index in [9.17, 15) is 13.2 Å². The molecule has 0 saturated carbocycles. The molecule has 34 heavy (non-hydrogen) atoms. The lowest BCUT2D eigenvalue weighted by atomic mass is 10.2. The molecule has 1 amide bonds. The molecule has 1 aromatic heterocycles. The zero-order chi connectivity index (χ0) is 24.5. The van der Waals surface area contributed by atoms with E-state index in [1.807, 2.05) is 73.0 Å². The summed E-state index contributed by atoms with van der Waals surface area (Å²) in [4.78, 5) is 18.0. The van der Waals surface area contributed by atoms with E-state index in [2.05, 4.69) is 5.32 Å². The molecule has 0 spiro atoms. The Labute approximate surface area is 203 Å². The highest BCUT2D eigenvalue weighted by molar-refractivity contribution is 8.00. The molecule has 9 heteroatoms. The first-order valence-corrected chi connectivity index (χ1v) is 13.0. The molecule has 0 fully saturated rings. The lowest BCUT2D eigenvalue weighted by molar-refractivity contribution is -0.115. The molecule has 7 nitrogen and oxygen atoms in total. The Balaban J connectivity index is 1.61. The van der Waals surface area contributed by atoms with Crippen molar-refractivity contribution in [2.75, 3.05) is 19.4 Å². The number of amides is 1. The monoisotopic (exact) mass is 494 g/mol. The second-order valence-electron chi connectivity index (χ2n) is 8.07. The fourth-order valence-electron chi connectivity index (χ4n) is 3.46. The van der Waals surface area contributed by atoms with Crippen molar-refractivity contribution in [1.29, 1.82) is 0 Å². The Morgan fingerprint density at radius 1 is 1.03 bits per heavy atom. The molecule has 176 valence electrons. The number of hydrogen-bond donors (Lipinski definition) is 1. The molecule has 1 unspecified atom stereocenters. The van der Waals surface area contributed by atoms with Crippen molar-refractivity contribution < 1.29 is 13.2 Å². The Morgan fingerprint density at radius 2 is 1.71 bits per heavy atom. The van der Waals surface area contributed by atoms with E-state index in [4.69, 9.17) is 4.98 Å². The van der Waals surface area contributed by atoms with Gasteiger partial charge in [-0.15, -0.1) is 0 Å². The lowest BCUT2D eigenvalue weighted by Gasteiger charge is -2.16. The van der Waals surface area contributed by atoms with Gasteiger partial charge in [-0.25, -0.2) is 17.7 Å². The van der Waals surface area contributed by atoms with Gasteiger partial charge in [-0.2, -0.15) is 0 Å². The van der Waals surface area contributed by atoms with Gasteiger partial charge in [0.25, 0.3) is 0 Å². The lowest BCUT2D eigenvalue weighted by Crippen LogP contribution is -2.25. The quantitative estimate of drug-likeness (QED) is 0.377. The highest BCUT2D eigenvalue weighted by Crippen LogP contribution is 2.31. The zero-order valence-electron chi connectivity index (χ0n) is 19.4. The number of imidazole rings is 1. The number of para-hydroxylation sites is 3. The van der Waals surface area contributed by atoms with E-state index in [0.717, 1.165) is 26.6 Å². The summed E-state index contributed by atoms with van der Waals surface area (Å²) in [6, 6.07) is 22.5. The van der Waals surface area contributed by atoms with Crippen LogP contribution < -0.4 is 5.32 Å². The van der Waals surface area contributed by atoms with Crippen molar-refractivity contribution in [3.05, 3.63) is 78.4 Å². The maximum Gasteiger partial charge on any atom is 0.242 e. The molecule has 4 aromatic rings. The summed E-state index contributed by atoms with van der Waals surface area (Å²) in [5.41, 5.74) is 4.01. The van der Waals surface area contributed by atoms with Gasteiger partial charge in [-0.05, 0) is 55.8 Å². The molecule has 1 N–H and O–H groups in total. The molecule has 0 saturated heterocycles. The van der Waals surface area contributed by atoms with Crippen molar-refractivity contribution in [2.24, 2.45) is 0 Å². The van der Waals surface area contributed by atoms with Crippen molar-refractivity contribution in [3.8, 4) is 5.69 Å². The van der Waals surface area contributed by atoms with Crippen LogP contribution in [-0.4, -0.2) is 47.5 Å². The number of sulfonamides is 1. The standard InChI is InChI=1S/C25H26N4O3S2/c1-17-14-15-20(34(31,32)28(3)4)16-22(17)26-24(30)18(2)33-25-27-21-12-8-9-13-23(21)29(25)19-10-6-5-7-11-19/h5-16,18H,1-4H3,(H,26,30). The van der Waals surface area contributed by atoms with E-state index in [-0.39, 0.29) is 10.8 Å². The molecule has 0 aliphatic rings. The number of hydrogen-bond acceptors (Lipinski definition) is 5. The summed E-state index contributed by atoms with van der Waals surface area (Å²) in [7, 11) is -0.654. The van der Waals surface area contributed by atoms with E-state index < -0.39 is 15.3 Å². The molecule has 0 aliphatic carbocycles. The van der Waals surface area contributed by atoms with E-state index in [1.165, 1.54) is 31.9 Å². The minimum atomic E-state index is -3.61. The number of aryl methyl sites for hydroxylation is 1. The van der Waals surface area contributed by atoms with Crippen molar-refractivity contribution in [1.82, 2.24) is 13.9 Å².